The van der Waals surface area contributed by atoms with Crippen molar-refractivity contribution in [2.75, 3.05) is 103 Å². The van der Waals surface area contributed by atoms with E-state index in [4.69, 9.17) is 15.0 Å². The molecule has 1 saturated carbocycles. The number of rotatable bonds is 51. The number of carbonyl (C=O) groups excluding carboxylic acids is 12. The summed E-state index contributed by atoms with van der Waals surface area (Å²) in [7, 11) is 0. The average Bonchev–Trinajstić information content (AvgIpc) is 1.58. The molecule has 0 spiro atoms. The zero-order valence-corrected chi connectivity index (χ0v) is 79.3. The molecule has 12 aliphatic rings. The third-order valence-corrected chi connectivity index (χ3v) is 33.6. The van der Waals surface area contributed by atoms with Crippen LogP contribution in [0.25, 0.3) is 0 Å². The Balaban J connectivity index is 0.000000242. The Labute approximate surface area is 774 Å². The van der Waals surface area contributed by atoms with Gasteiger partial charge >= 0.3 is 24.1 Å². The third-order valence-electron chi connectivity index (χ3n) is 27.6. The number of aromatic nitrogens is 3. The van der Waals surface area contributed by atoms with Gasteiger partial charge in [0.15, 0.2) is 0 Å². The molecule has 12 fully saturated rings. The summed E-state index contributed by atoms with van der Waals surface area (Å²) in [6, 6.07) is 1.89. The molecule has 14 atom stereocenters. The predicted molar refractivity (Wildman–Crippen MR) is 506 cm³/mol. The molecule has 0 aromatic carbocycles. The quantitative estimate of drug-likeness (QED) is 0.0220. The maximum Gasteiger partial charge on any atom is 0.315 e. The van der Waals surface area contributed by atoms with Crippen molar-refractivity contribution in [2.24, 2.45) is 11.8 Å². The van der Waals surface area contributed by atoms with Gasteiger partial charge in [0.1, 0.15) is 0 Å². The SMILES string of the molecule is CC1CC(NC(=O)CCCCCNC(=O)CCCCC2SCC3NC(=O)NC32)CC(NC(=O)CCCCCNC(=O)CCCCC2SCC3NC(=O)NC32)C1.CC1CCN(c2nc(N3CCC(NC(=O)CCCCCNC(=O)CCCCC4SCC5NC(=O)NC54)CC3)nc(N3CCC(NC(=O)CCCCCNC(=O)CCCCC4SCC5NC(=O)NC54)CC3)n2)CC1. The summed E-state index contributed by atoms with van der Waals surface area (Å²) in [4.78, 5) is 169. The lowest BCUT2D eigenvalue weighted by Crippen LogP contribution is -2.47. The van der Waals surface area contributed by atoms with Crippen molar-refractivity contribution >= 4 is 136 Å². The molecule has 0 bridgehead atoms. The summed E-state index contributed by atoms with van der Waals surface area (Å²) in [5.41, 5.74) is 0. The number of carbonyl (C=O) groups is 12. The highest BCUT2D eigenvalue weighted by Crippen LogP contribution is 2.38. The van der Waals surface area contributed by atoms with Gasteiger partial charge in [-0.2, -0.15) is 62.0 Å². The minimum Gasteiger partial charge on any atom is -0.356 e. The number of nitrogens with one attached hydrogen (secondary N) is 16. The third kappa shape index (κ3) is 33.1. The molecule has 716 valence electrons. The Bertz CT molecular complexity index is 3550. The molecule has 38 heteroatoms. The van der Waals surface area contributed by atoms with Crippen LogP contribution in [-0.2, 0) is 38.4 Å². The summed E-state index contributed by atoms with van der Waals surface area (Å²) >= 11 is 7.62. The van der Waals surface area contributed by atoms with Gasteiger partial charge in [-0.3, -0.25) is 38.4 Å². The molecule has 0 radical (unpaired) electrons. The molecule has 13 rings (SSSR count). The van der Waals surface area contributed by atoms with Crippen LogP contribution < -0.4 is 99.8 Å². The van der Waals surface area contributed by atoms with Crippen LogP contribution >= 0.6 is 47.0 Å². The Kier molecular flexibility index (Phi) is 41.1. The van der Waals surface area contributed by atoms with Crippen LogP contribution in [0.15, 0.2) is 0 Å². The first-order chi connectivity index (χ1) is 62.1. The van der Waals surface area contributed by atoms with Crippen molar-refractivity contribution in [3.05, 3.63) is 0 Å². The first kappa shape index (κ1) is 99.7. The predicted octanol–water partition coefficient (Wildman–Crippen LogP) is 7.66. The van der Waals surface area contributed by atoms with Crippen molar-refractivity contribution in [3.63, 3.8) is 0 Å². The second kappa shape index (κ2) is 52.8. The van der Waals surface area contributed by atoms with E-state index in [1.165, 1.54) is 0 Å². The van der Waals surface area contributed by atoms with Gasteiger partial charge in [0.25, 0.3) is 0 Å². The second-order valence-corrected chi connectivity index (χ2v) is 43.1. The molecule has 1 aliphatic carbocycles. The fourth-order valence-electron chi connectivity index (χ4n) is 20.2. The zero-order chi connectivity index (χ0) is 89.9. The highest BCUT2D eigenvalue weighted by Gasteiger charge is 2.47. The van der Waals surface area contributed by atoms with E-state index < -0.39 is 0 Å². The minimum atomic E-state index is -0.0631. The molecule has 14 unspecified atom stereocenters. The van der Waals surface area contributed by atoms with Crippen molar-refractivity contribution < 1.29 is 57.5 Å². The summed E-state index contributed by atoms with van der Waals surface area (Å²) in [6.07, 6.45) is 33.4. The number of thioether (sulfide) groups is 4. The Morgan fingerprint density at radius 3 is 0.805 bits per heavy atom. The summed E-state index contributed by atoms with van der Waals surface area (Å²) in [6.45, 7) is 11.8. The lowest BCUT2D eigenvalue weighted by atomic mass is 9.83. The smallest absolute Gasteiger partial charge is 0.315 e. The fourth-order valence-corrected chi connectivity index (χ4v) is 26.3. The number of amides is 16. The van der Waals surface area contributed by atoms with Gasteiger partial charge in [0, 0.05) is 185 Å². The molecular formula is C90H150N22O12S4. The highest BCUT2D eigenvalue weighted by molar-refractivity contribution is 8.01. The van der Waals surface area contributed by atoms with E-state index in [0.29, 0.717) is 122 Å². The number of fused-ring (bicyclic) bond motifs is 4. The number of anilines is 3. The lowest BCUT2D eigenvalue weighted by molar-refractivity contribution is -0.124. The summed E-state index contributed by atoms with van der Waals surface area (Å²) in [5.74, 6) is 7.63. The number of piperidine rings is 3. The van der Waals surface area contributed by atoms with E-state index in [0.717, 1.165) is 280 Å². The largest absolute Gasteiger partial charge is 0.356 e. The molecule has 11 saturated heterocycles. The molecule has 16 amide bonds. The highest BCUT2D eigenvalue weighted by atomic mass is 32.2. The number of hydrogen-bond donors (Lipinski definition) is 16. The van der Waals surface area contributed by atoms with E-state index in [-0.39, 0.29) is 144 Å². The molecule has 16 N–H and O–H groups in total. The van der Waals surface area contributed by atoms with Crippen molar-refractivity contribution in [1.82, 2.24) is 100 Å². The normalized spacial score (nSPS) is 27.0. The average molecular weight is 1860 g/mol. The van der Waals surface area contributed by atoms with Gasteiger partial charge in [-0.15, -0.1) is 0 Å². The Morgan fingerprint density at radius 2 is 0.531 bits per heavy atom. The molecule has 1 aromatic heterocycles. The van der Waals surface area contributed by atoms with Gasteiger partial charge in [-0.25, -0.2) is 19.2 Å². The van der Waals surface area contributed by atoms with Gasteiger partial charge in [-0.1, -0.05) is 65.2 Å². The molecule has 11 aliphatic heterocycles. The number of unbranched alkanes of at least 4 members (excludes halogenated alkanes) is 12. The van der Waals surface area contributed by atoms with E-state index in [1.807, 2.05) is 47.0 Å². The lowest BCUT2D eigenvalue weighted by Gasteiger charge is -2.36. The maximum absolute atomic E-state index is 12.9. The molecule has 1 aromatic rings. The second-order valence-electron chi connectivity index (χ2n) is 38.0. The molecule has 12 heterocycles. The topological polar surface area (TPSA) is 446 Å². The fraction of sp³-hybridized carbons (Fsp3) is 0.833. The maximum atomic E-state index is 12.9. The van der Waals surface area contributed by atoms with E-state index in [2.05, 4.69) is 114 Å². The number of nitrogens with zero attached hydrogens (tertiary/aromatic N) is 6. The zero-order valence-electron chi connectivity index (χ0n) is 76.0. The van der Waals surface area contributed by atoms with Crippen molar-refractivity contribution in [2.45, 2.75) is 371 Å². The van der Waals surface area contributed by atoms with Crippen molar-refractivity contribution in [1.29, 1.82) is 0 Å². The van der Waals surface area contributed by atoms with Gasteiger partial charge in [0.2, 0.25) is 65.1 Å². The summed E-state index contributed by atoms with van der Waals surface area (Å²) in [5, 5.41) is 50.7. The van der Waals surface area contributed by atoms with Gasteiger partial charge in [-0.05, 0) is 172 Å². The van der Waals surface area contributed by atoms with Crippen LogP contribution in [0.1, 0.15) is 277 Å². The minimum absolute atomic E-state index is 0.0549. The Morgan fingerprint density at radius 1 is 0.289 bits per heavy atom. The first-order valence-corrected chi connectivity index (χ1v) is 53.3. The van der Waals surface area contributed by atoms with Crippen LogP contribution in [0.2, 0.25) is 0 Å². The molecule has 34 nitrogen and oxygen atoms in total. The van der Waals surface area contributed by atoms with E-state index >= 15 is 0 Å². The van der Waals surface area contributed by atoms with Crippen LogP contribution in [0.3, 0.4) is 0 Å². The van der Waals surface area contributed by atoms with Crippen LogP contribution in [0, 0.1) is 11.8 Å². The standard InChI is InChI=1S/C51H84N14O6S2.C39H66N8O6S2/c1-34-18-26-63(27-19-34)47-60-48(64-28-20-35(21-29-64)54-43(68)16-4-2-10-24-52-41(66)14-8-6-12-39-45-37(32-72-39)56-50(70)58-45)62-49(61-47)65-30-22-36(23-31-65)55-44(69)17-5-3-11-25-53-42(67)15-9-7-13-40-46-38(33-73-40)57-51(71)59-46;1-25-20-26(42-34(50)16-4-2-10-18-40-32(48)14-8-6-12-30-36-28(23-54-30)44-38(52)46-36)22-27(21-25)43-35(51)17-5-3-11-19-41-33(49)15-9-7-13-31-37-29(24-55-31)45-39(53)47-37/h34-40,45-46H,2-33H2,1H3,(H,52,66)(H,53,67)(H,54,68)(H,55,69)(H2,56,58,70)(H2,57,59,71);25-31,36-37H,2-24H2,1H3,(H,40,48)(H,41,49)(H,42,50)(H,43,51)(H2,44,46,52)(H2,45,47,53). The van der Waals surface area contributed by atoms with Crippen LogP contribution in [0.4, 0.5) is 37.0 Å². The van der Waals surface area contributed by atoms with Gasteiger partial charge < -0.3 is 99.8 Å². The molecule has 128 heavy (non-hydrogen) atoms. The molecular weight excluding hydrogens is 1710 g/mol. The van der Waals surface area contributed by atoms with Crippen LogP contribution in [-0.4, -0.2) is 268 Å². The number of urea groups is 4. The van der Waals surface area contributed by atoms with Crippen LogP contribution in [0.5, 0.6) is 0 Å². The Hall–Kier alpha value is -7.35. The van der Waals surface area contributed by atoms with Crippen molar-refractivity contribution in [3.8, 4) is 0 Å². The number of hydrogen-bond acceptors (Lipinski definition) is 22. The summed E-state index contributed by atoms with van der Waals surface area (Å²) < 4.78 is 0. The van der Waals surface area contributed by atoms with E-state index in [1.54, 1.807) is 0 Å². The first-order valence-electron chi connectivity index (χ1n) is 49.1. The van der Waals surface area contributed by atoms with E-state index in [9.17, 15) is 57.5 Å². The van der Waals surface area contributed by atoms with Gasteiger partial charge in [0.05, 0.1) is 48.3 Å². The monoisotopic (exact) mass is 1860 g/mol.